The van der Waals surface area contributed by atoms with Crippen LogP contribution in [0.15, 0.2) is 48.8 Å². The molecule has 2 aromatic rings. The number of rotatable bonds is 5. The summed E-state index contributed by atoms with van der Waals surface area (Å²) in [6, 6.07) is 11.0. The quantitative estimate of drug-likeness (QED) is 0.861. The fraction of sp³-hybridized carbons (Fsp3) is 0.333. The third kappa shape index (κ3) is 3.43. The molecular formula is C15H18N4O3S. The molecule has 1 amide bonds. The van der Waals surface area contributed by atoms with Crippen LogP contribution < -0.4 is 5.14 Å². The van der Waals surface area contributed by atoms with Gasteiger partial charge in [-0.15, -0.1) is 0 Å². The highest BCUT2D eigenvalue weighted by molar-refractivity contribution is 7.89. The molecule has 1 fully saturated rings. The predicted molar refractivity (Wildman–Crippen MR) is 84.6 cm³/mol. The number of amides is 1. The van der Waals surface area contributed by atoms with Gasteiger partial charge in [0, 0.05) is 25.4 Å². The molecule has 1 aliphatic rings. The molecule has 2 atom stereocenters. The average molecular weight is 334 g/mol. The zero-order valence-electron chi connectivity index (χ0n) is 12.4. The molecule has 0 bridgehead atoms. The molecule has 2 unspecified atom stereocenters. The molecule has 0 saturated carbocycles. The van der Waals surface area contributed by atoms with Crippen molar-refractivity contribution >= 4 is 15.9 Å². The predicted octanol–water partition coefficient (Wildman–Crippen LogP) is 0.514. The number of likely N-dealkylation sites (tertiary alicyclic amines) is 1. The normalized spacial score (nSPS) is 20.0. The lowest BCUT2D eigenvalue weighted by atomic mass is 10.1. The van der Waals surface area contributed by atoms with Crippen molar-refractivity contribution in [1.82, 2.24) is 14.7 Å². The average Bonchev–Trinajstić information content (AvgIpc) is 3.15. The molecule has 1 aliphatic heterocycles. The van der Waals surface area contributed by atoms with Gasteiger partial charge >= 0.3 is 0 Å². The van der Waals surface area contributed by atoms with Crippen molar-refractivity contribution in [2.24, 2.45) is 5.14 Å². The molecule has 8 heteroatoms. The molecule has 0 spiro atoms. The summed E-state index contributed by atoms with van der Waals surface area (Å²) in [5.74, 6) is -0.204. The third-order valence-corrected chi connectivity index (χ3v) is 5.31. The molecule has 2 N–H and O–H groups in total. The second-order valence-corrected chi connectivity index (χ2v) is 7.46. The van der Waals surface area contributed by atoms with Gasteiger partial charge in [0.05, 0.1) is 12.6 Å². The van der Waals surface area contributed by atoms with Gasteiger partial charge in [-0.1, -0.05) is 30.3 Å². The lowest BCUT2D eigenvalue weighted by Crippen LogP contribution is -2.36. The Balaban J connectivity index is 1.91. The van der Waals surface area contributed by atoms with Crippen molar-refractivity contribution in [2.45, 2.75) is 24.3 Å². The SMILES string of the molecule is NS(=O)(=O)C1CC(=O)N(C(Cn2cccn2)c2ccccc2)C1. The van der Waals surface area contributed by atoms with E-state index in [2.05, 4.69) is 5.10 Å². The first-order valence-electron chi connectivity index (χ1n) is 7.28. The molecule has 1 aromatic carbocycles. The Kier molecular flexibility index (Phi) is 4.18. The second-order valence-electron chi connectivity index (χ2n) is 5.62. The van der Waals surface area contributed by atoms with Gasteiger partial charge in [-0.25, -0.2) is 13.6 Å². The van der Waals surface area contributed by atoms with E-state index in [1.54, 1.807) is 21.8 Å². The fourth-order valence-corrected chi connectivity index (χ4v) is 3.61. The monoisotopic (exact) mass is 334 g/mol. The van der Waals surface area contributed by atoms with Gasteiger partial charge in [-0.05, 0) is 11.6 Å². The summed E-state index contributed by atoms with van der Waals surface area (Å²) in [4.78, 5) is 13.9. The summed E-state index contributed by atoms with van der Waals surface area (Å²) in [5, 5.41) is 8.55. The highest BCUT2D eigenvalue weighted by Crippen LogP contribution is 2.29. The van der Waals surface area contributed by atoms with Gasteiger partial charge in [0.1, 0.15) is 5.25 Å². The highest BCUT2D eigenvalue weighted by Gasteiger charge is 2.40. The second kappa shape index (κ2) is 6.13. The third-order valence-electron chi connectivity index (χ3n) is 4.07. The van der Waals surface area contributed by atoms with Crippen LogP contribution in [-0.4, -0.2) is 40.8 Å². The largest absolute Gasteiger partial charge is 0.332 e. The van der Waals surface area contributed by atoms with E-state index in [1.165, 1.54) is 0 Å². The van der Waals surface area contributed by atoms with Crippen LogP contribution in [0.25, 0.3) is 0 Å². The number of nitrogens with two attached hydrogens (primary N) is 1. The van der Waals surface area contributed by atoms with Crippen molar-refractivity contribution in [2.75, 3.05) is 6.54 Å². The zero-order valence-corrected chi connectivity index (χ0v) is 13.3. The van der Waals surface area contributed by atoms with Crippen molar-refractivity contribution in [3.05, 3.63) is 54.4 Å². The van der Waals surface area contributed by atoms with Gasteiger partial charge in [0.2, 0.25) is 15.9 Å². The summed E-state index contributed by atoms with van der Waals surface area (Å²) >= 11 is 0. The number of hydrogen-bond acceptors (Lipinski definition) is 4. The standard InChI is InChI=1S/C15H18N4O3S/c16-23(21,22)13-9-15(20)19(10-13)14(11-18-8-4-7-17-18)12-5-2-1-3-6-12/h1-8,13-14H,9-11H2,(H2,16,21,22). The summed E-state index contributed by atoms with van der Waals surface area (Å²) in [6.07, 6.45) is 3.41. The molecule has 0 radical (unpaired) electrons. The Labute approximate surface area is 134 Å². The van der Waals surface area contributed by atoms with E-state index in [0.29, 0.717) is 6.54 Å². The van der Waals surface area contributed by atoms with Crippen LogP contribution in [-0.2, 0) is 21.4 Å². The summed E-state index contributed by atoms with van der Waals surface area (Å²) in [5.41, 5.74) is 0.936. The highest BCUT2D eigenvalue weighted by atomic mass is 32.2. The van der Waals surface area contributed by atoms with Gasteiger partial charge in [-0.2, -0.15) is 5.10 Å². The van der Waals surface area contributed by atoms with Gasteiger partial charge in [-0.3, -0.25) is 9.48 Å². The molecule has 1 saturated heterocycles. The van der Waals surface area contributed by atoms with Crippen molar-refractivity contribution < 1.29 is 13.2 Å². The Morgan fingerprint density at radius 2 is 2.00 bits per heavy atom. The number of carbonyl (C=O) groups is 1. The molecule has 2 heterocycles. The minimum Gasteiger partial charge on any atom is -0.332 e. The number of nitrogens with zero attached hydrogens (tertiary/aromatic N) is 3. The van der Waals surface area contributed by atoms with Crippen LogP contribution in [0.5, 0.6) is 0 Å². The topological polar surface area (TPSA) is 98.3 Å². The fourth-order valence-electron chi connectivity index (χ4n) is 2.86. The molecule has 7 nitrogen and oxygen atoms in total. The van der Waals surface area contributed by atoms with E-state index in [9.17, 15) is 13.2 Å². The smallest absolute Gasteiger partial charge is 0.224 e. The van der Waals surface area contributed by atoms with E-state index in [0.717, 1.165) is 5.56 Å². The van der Waals surface area contributed by atoms with E-state index >= 15 is 0 Å². The van der Waals surface area contributed by atoms with E-state index in [4.69, 9.17) is 5.14 Å². The molecular weight excluding hydrogens is 316 g/mol. The maximum Gasteiger partial charge on any atom is 0.224 e. The van der Waals surface area contributed by atoms with Crippen molar-refractivity contribution in [1.29, 1.82) is 0 Å². The Morgan fingerprint density at radius 3 is 2.57 bits per heavy atom. The van der Waals surface area contributed by atoms with Gasteiger partial charge < -0.3 is 4.90 Å². The summed E-state index contributed by atoms with van der Waals surface area (Å²) in [7, 11) is -3.73. The number of aromatic nitrogens is 2. The minimum atomic E-state index is -3.73. The summed E-state index contributed by atoms with van der Waals surface area (Å²) < 4.78 is 24.9. The lowest BCUT2D eigenvalue weighted by molar-refractivity contribution is -0.130. The number of primary sulfonamides is 1. The first kappa shape index (κ1) is 15.7. The summed E-state index contributed by atoms with van der Waals surface area (Å²) in [6.45, 7) is 0.568. The van der Waals surface area contributed by atoms with Crippen LogP contribution in [0, 0.1) is 0 Å². The molecule has 122 valence electrons. The van der Waals surface area contributed by atoms with Crippen molar-refractivity contribution in [3.63, 3.8) is 0 Å². The molecule has 1 aromatic heterocycles. The maximum atomic E-state index is 12.4. The van der Waals surface area contributed by atoms with E-state index < -0.39 is 15.3 Å². The maximum absolute atomic E-state index is 12.4. The van der Waals surface area contributed by atoms with Crippen LogP contribution in [0.1, 0.15) is 18.0 Å². The van der Waals surface area contributed by atoms with Gasteiger partial charge in [0.25, 0.3) is 0 Å². The Morgan fingerprint density at radius 1 is 1.26 bits per heavy atom. The van der Waals surface area contributed by atoms with Crippen molar-refractivity contribution in [3.8, 4) is 0 Å². The number of sulfonamides is 1. The zero-order chi connectivity index (χ0) is 16.4. The Bertz CT molecular complexity index is 774. The number of hydrogen-bond donors (Lipinski definition) is 1. The Hall–Kier alpha value is -2.19. The molecule has 3 rings (SSSR count). The van der Waals surface area contributed by atoms with Gasteiger partial charge in [0.15, 0.2) is 0 Å². The van der Waals surface area contributed by atoms with Crippen LogP contribution in [0.4, 0.5) is 0 Å². The number of carbonyl (C=O) groups excluding carboxylic acids is 1. The van der Waals surface area contributed by atoms with Crippen LogP contribution in [0.2, 0.25) is 0 Å². The molecule has 0 aliphatic carbocycles. The minimum absolute atomic E-state index is 0.0682. The first-order chi connectivity index (χ1) is 10.9. The number of benzene rings is 1. The van der Waals surface area contributed by atoms with Crippen LogP contribution >= 0.6 is 0 Å². The van der Waals surface area contributed by atoms with E-state index in [1.807, 2.05) is 36.5 Å². The van der Waals surface area contributed by atoms with Crippen LogP contribution in [0.3, 0.4) is 0 Å². The lowest BCUT2D eigenvalue weighted by Gasteiger charge is -2.28. The van der Waals surface area contributed by atoms with E-state index in [-0.39, 0.29) is 24.9 Å². The molecule has 23 heavy (non-hydrogen) atoms. The first-order valence-corrected chi connectivity index (χ1v) is 8.89.